The van der Waals surface area contributed by atoms with Gasteiger partial charge in [0.2, 0.25) is 0 Å². The molecular formula is C15H24FIN4O. The molecule has 1 aromatic rings. The lowest BCUT2D eigenvalue weighted by molar-refractivity contribution is 0.0170. The molecule has 7 heteroatoms. The minimum Gasteiger partial charge on any atom is -0.379 e. The van der Waals surface area contributed by atoms with Gasteiger partial charge in [-0.05, 0) is 17.7 Å². The van der Waals surface area contributed by atoms with Crippen LogP contribution < -0.4 is 10.6 Å². The van der Waals surface area contributed by atoms with Gasteiger partial charge in [-0.25, -0.2) is 4.39 Å². The number of rotatable bonds is 4. The molecule has 1 unspecified atom stereocenters. The second-order valence-corrected chi connectivity index (χ2v) is 4.92. The predicted octanol–water partition coefficient (Wildman–Crippen LogP) is 1.61. The molecule has 0 radical (unpaired) electrons. The molecule has 1 heterocycles. The van der Waals surface area contributed by atoms with Crippen molar-refractivity contribution in [2.24, 2.45) is 4.99 Å². The zero-order chi connectivity index (χ0) is 15.1. The highest BCUT2D eigenvalue weighted by atomic mass is 127. The van der Waals surface area contributed by atoms with Gasteiger partial charge in [0.15, 0.2) is 5.96 Å². The number of guanidine groups is 1. The van der Waals surface area contributed by atoms with Crippen LogP contribution in [0.4, 0.5) is 4.39 Å². The fraction of sp³-hybridized carbons (Fsp3) is 0.533. The molecule has 0 bridgehead atoms. The van der Waals surface area contributed by atoms with Gasteiger partial charge in [0.05, 0.1) is 19.3 Å². The van der Waals surface area contributed by atoms with Crippen molar-refractivity contribution in [3.05, 3.63) is 35.6 Å². The molecule has 124 valence electrons. The fourth-order valence-corrected chi connectivity index (χ4v) is 2.50. The maximum Gasteiger partial charge on any atom is 0.190 e. The molecular weight excluding hydrogens is 398 g/mol. The number of hydrogen-bond acceptors (Lipinski definition) is 3. The average molecular weight is 422 g/mol. The highest BCUT2D eigenvalue weighted by Crippen LogP contribution is 2.21. The van der Waals surface area contributed by atoms with Crippen molar-refractivity contribution in [3.8, 4) is 0 Å². The Morgan fingerprint density at radius 1 is 1.32 bits per heavy atom. The molecule has 1 aromatic carbocycles. The van der Waals surface area contributed by atoms with Gasteiger partial charge in [-0.3, -0.25) is 9.89 Å². The van der Waals surface area contributed by atoms with E-state index in [1.54, 1.807) is 7.05 Å². The van der Waals surface area contributed by atoms with Crippen molar-refractivity contribution in [3.63, 3.8) is 0 Å². The molecule has 1 atom stereocenters. The van der Waals surface area contributed by atoms with E-state index >= 15 is 0 Å². The van der Waals surface area contributed by atoms with E-state index in [4.69, 9.17) is 4.74 Å². The molecule has 0 aliphatic carbocycles. The third-order valence-electron chi connectivity index (χ3n) is 3.66. The van der Waals surface area contributed by atoms with Gasteiger partial charge in [-0.1, -0.05) is 12.1 Å². The first-order valence-corrected chi connectivity index (χ1v) is 7.20. The van der Waals surface area contributed by atoms with Crippen LogP contribution in [0.25, 0.3) is 0 Å². The van der Waals surface area contributed by atoms with Gasteiger partial charge in [0.25, 0.3) is 0 Å². The molecule has 2 N–H and O–H groups in total. The molecule has 0 amide bonds. The van der Waals surface area contributed by atoms with E-state index in [9.17, 15) is 4.39 Å². The Kier molecular flexibility index (Phi) is 8.66. The number of benzene rings is 1. The van der Waals surface area contributed by atoms with Gasteiger partial charge in [0, 0.05) is 33.7 Å². The highest BCUT2D eigenvalue weighted by Gasteiger charge is 2.22. The molecule has 0 spiro atoms. The van der Waals surface area contributed by atoms with Crippen molar-refractivity contribution < 1.29 is 9.13 Å². The SMILES string of the molecule is CN=C(NC)NCC(c1ccc(F)cc1)N1CCOCC1.I. The van der Waals surface area contributed by atoms with Gasteiger partial charge in [-0.2, -0.15) is 0 Å². The number of nitrogens with one attached hydrogen (secondary N) is 2. The van der Waals surface area contributed by atoms with E-state index in [1.807, 2.05) is 19.2 Å². The number of hydrogen-bond donors (Lipinski definition) is 2. The lowest BCUT2D eigenvalue weighted by atomic mass is 10.0. The van der Waals surface area contributed by atoms with Crippen molar-refractivity contribution in [2.45, 2.75) is 6.04 Å². The predicted molar refractivity (Wildman–Crippen MR) is 97.4 cm³/mol. The van der Waals surface area contributed by atoms with Gasteiger partial charge >= 0.3 is 0 Å². The number of nitrogens with zero attached hydrogens (tertiary/aromatic N) is 2. The van der Waals surface area contributed by atoms with E-state index in [-0.39, 0.29) is 35.8 Å². The third kappa shape index (κ3) is 5.36. The van der Waals surface area contributed by atoms with Crippen molar-refractivity contribution in [1.82, 2.24) is 15.5 Å². The number of morpholine rings is 1. The van der Waals surface area contributed by atoms with Crippen molar-refractivity contribution in [1.29, 1.82) is 0 Å². The Hall–Kier alpha value is -0.930. The second kappa shape index (κ2) is 9.96. The van der Waals surface area contributed by atoms with Gasteiger partial charge in [-0.15, -0.1) is 24.0 Å². The standard InChI is InChI=1S/C15H23FN4O.HI/c1-17-15(18-2)19-11-14(20-7-9-21-10-8-20)12-3-5-13(16)6-4-12;/h3-6,14H,7-11H2,1-2H3,(H2,17,18,19);1H. The van der Waals surface area contributed by atoms with Gasteiger partial charge < -0.3 is 15.4 Å². The van der Waals surface area contributed by atoms with Crippen LogP contribution in [0.1, 0.15) is 11.6 Å². The van der Waals surface area contributed by atoms with Crippen LogP contribution in [-0.4, -0.2) is 57.8 Å². The summed E-state index contributed by atoms with van der Waals surface area (Å²) in [5.41, 5.74) is 1.09. The summed E-state index contributed by atoms with van der Waals surface area (Å²) in [5.74, 6) is 0.536. The van der Waals surface area contributed by atoms with E-state index < -0.39 is 0 Å². The summed E-state index contributed by atoms with van der Waals surface area (Å²) < 4.78 is 18.6. The van der Waals surface area contributed by atoms with Crippen LogP contribution in [0.2, 0.25) is 0 Å². The smallest absolute Gasteiger partial charge is 0.190 e. The average Bonchev–Trinajstić information content (AvgIpc) is 2.54. The van der Waals surface area contributed by atoms with E-state index in [1.165, 1.54) is 12.1 Å². The molecule has 5 nitrogen and oxygen atoms in total. The molecule has 1 aliphatic rings. The summed E-state index contributed by atoms with van der Waals surface area (Å²) in [6, 6.07) is 6.88. The van der Waals surface area contributed by atoms with Crippen LogP contribution >= 0.6 is 24.0 Å². The summed E-state index contributed by atoms with van der Waals surface area (Å²) in [5, 5.41) is 6.30. The first kappa shape index (κ1) is 19.1. The Morgan fingerprint density at radius 3 is 2.50 bits per heavy atom. The summed E-state index contributed by atoms with van der Waals surface area (Å²) in [7, 11) is 3.57. The molecule has 1 aliphatic heterocycles. The van der Waals surface area contributed by atoms with Crippen LogP contribution in [0.5, 0.6) is 0 Å². The largest absolute Gasteiger partial charge is 0.379 e. The summed E-state index contributed by atoms with van der Waals surface area (Å²) >= 11 is 0. The minimum absolute atomic E-state index is 0. The quantitative estimate of drug-likeness (QED) is 0.440. The first-order valence-electron chi connectivity index (χ1n) is 7.20. The molecule has 0 saturated carbocycles. The maximum atomic E-state index is 13.1. The Labute approximate surface area is 148 Å². The van der Waals surface area contributed by atoms with Crippen LogP contribution in [0, 0.1) is 5.82 Å². The zero-order valence-corrected chi connectivity index (χ0v) is 15.3. The molecule has 22 heavy (non-hydrogen) atoms. The van der Waals surface area contributed by atoms with Gasteiger partial charge in [0.1, 0.15) is 5.82 Å². The zero-order valence-electron chi connectivity index (χ0n) is 13.0. The normalized spacial score (nSPS) is 17.5. The summed E-state index contributed by atoms with van der Waals surface area (Å²) in [4.78, 5) is 6.48. The monoisotopic (exact) mass is 422 g/mol. The van der Waals surface area contributed by atoms with Crippen LogP contribution in [-0.2, 0) is 4.74 Å². The maximum absolute atomic E-state index is 13.1. The topological polar surface area (TPSA) is 48.9 Å². The Bertz CT molecular complexity index is 463. The lowest BCUT2D eigenvalue weighted by Crippen LogP contribution is -2.45. The Morgan fingerprint density at radius 2 is 1.95 bits per heavy atom. The van der Waals surface area contributed by atoms with Crippen molar-refractivity contribution >= 4 is 29.9 Å². The number of halogens is 2. The van der Waals surface area contributed by atoms with Crippen molar-refractivity contribution in [2.75, 3.05) is 46.9 Å². The molecule has 0 aromatic heterocycles. The molecule has 1 fully saturated rings. The Balaban J connectivity index is 0.00000242. The summed E-state index contributed by atoms with van der Waals surface area (Å²) in [6.07, 6.45) is 0. The number of aliphatic imine (C=N–C) groups is 1. The fourth-order valence-electron chi connectivity index (χ4n) is 2.50. The number of ether oxygens (including phenoxy) is 1. The van der Waals surface area contributed by atoms with E-state index in [0.29, 0.717) is 6.54 Å². The summed E-state index contributed by atoms with van der Waals surface area (Å²) in [6.45, 7) is 3.93. The van der Waals surface area contributed by atoms with Crippen LogP contribution in [0.3, 0.4) is 0 Å². The lowest BCUT2D eigenvalue weighted by Gasteiger charge is -2.35. The molecule has 1 saturated heterocycles. The second-order valence-electron chi connectivity index (χ2n) is 4.92. The minimum atomic E-state index is -0.210. The van der Waals surface area contributed by atoms with E-state index in [0.717, 1.165) is 37.8 Å². The molecule has 2 rings (SSSR count). The third-order valence-corrected chi connectivity index (χ3v) is 3.66. The van der Waals surface area contributed by atoms with Crippen LogP contribution in [0.15, 0.2) is 29.3 Å². The van der Waals surface area contributed by atoms with E-state index in [2.05, 4.69) is 20.5 Å². The highest BCUT2D eigenvalue weighted by molar-refractivity contribution is 14.0. The first-order chi connectivity index (χ1) is 10.2.